The topological polar surface area (TPSA) is 79.5 Å². The van der Waals surface area contributed by atoms with E-state index >= 15 is 0 Å². The summed E-state index contributed by atoms with van der Waals surface area (Å²) in [7, 11) is 0. The summed E-state index contributed by atoms with van der Waals surface area (Å²) in [6, 6.07) is 9.46. The Balaban J connectivity index is 1.65. The number of rotatable bonds is 7. The first-order chi connectivity index (χ1) is 10.7. The number of carbonyl (C=O) groups is 2. The number of nitrogens with one attached hydrogen (secondary N) is 3. The van der Waals surface area contributed by atoms with Gasteiger partial charge in [0, 0.05) is 6.04 Å². The van der Waals surface area contributed by atoms with Crippen molar-refractivity contribution in [1.29, 1.82) is 0 Å². The number of esters is 1. The van der Waals surface area contributed by atoms with E-state index in [2.05, 4.69) is 23.1 Å². The molecule has 1 aliphatic heterocycles. The number of carbonyl (C=O) groups excluding carboxylic acids is 2. The van der Waals surface area contributed by atoms with Gasteiger partial charge in [-0.25, -0.2) is 5.43 Å². The molecule has 1 fully saturated rings. The lowest BCUT2D eigenvalue weighted by Crippen LogP contribution is -2.45. The molecule has 0 spiro atoms. The van der Waals surface area contributed by atoms with Crippen LogP contribution in [0.1, 0.15) is 31.7 Å². The molecule has 6 nitrogen and oxygen atoms in total. The van der Waals surface area contributed by atoms with E-state index in [0.29, 0.717) is 6.04 Å². The first kappa shape index (κ1) is 16.5. The van der Waals surface area contributed by atoms with Gasteiger partial charge in [0.05, 0.1) is 0 Å². The standard InChI is InChI=1S/C16H23N3O3/c1-2-6-13-9-14(19-18-13)16(21)17-10-15(20)22-11-12-7-4-3-5-8-12/h3-5,7-8,13-14,18-19H,2,6,9-11H2,1H3,(H,17,21). The minimum absolute atomic E-state index is 0.109. The van der Waals surface area contributed by atoms with Gasteiger partial charge < -0.3 is 10.1 Å². The molecule has 6 heteroatoms. The van der Waals surface area contributed by atoms with Crippen LogP contribution in [0.2, 0.25) is 0 Å². The number of amides is 1. The third-order valence-electron chi connectivity index (χ3n) is 3.59. The van der Waals surface area contributed by atoms with Crippen LogP contribution in [0.5, 0.6) is 0 Å². The molecule has 0 saturated carbocycles. The van der Waals surface area contributed by atoms with Gasteiger partial charge in [0.1, 0.15) is 19.2 Å². The Labute approximate surface area is 130 Å². The average Bonchev–Trinajstić information content (AvgIpc) is 3.01. The molecule has 0 aromatic heterocycles. The molecule has 2 rings (SSSR count). The largest absolute Gasteiger partial charge is 0.460 e. The Hall–Kier alpha value is -1.92. The van der Waals surface area contributed by atoms with E-state index in [4.69, 9.17) is 4.74 Å². The van der Waals surface area contributed by atoms with Crippen LogP contribution in [0.15, 0.2) is 30.3 Å². The van der Waals surface area contributed by atoms with Gasteiger partial charge in [0.15, 0.2) is 0 Å². The maximum absolute atomic E-state index is 12.0. The van der Waals surface area contributed by atoms with Gasteiger partial charge in [-0.3, -0.25) is 15.0 Å². The molecule has 0 aliphatic carbocycles. The van der Waals surface area contributed by atoms with Gasteiger partial charge in [0.2, 0.25) is 5.91 Å². The van der Waals surface area contributed by atoms with Crippen LogP contribution >= 0.6 is 0 Å². The predicted molar refractivity (Wildman–Crippen MR) is 82.6 cm³/mol. The number of benzene rings is 1. The van der Waals surface area contributed by atoms with E-state index in [1.807, 2.05) is 30.3 Å². The molecule has 3 N–H and O–H groups in total. The maximum Gasteiger partial charge on any atom is 0.325 e. The third-order valence-corrected chi connectivity index (χ3v) is 3.59. The molecule has 1 aromatic rings. The quantitative estimate of drug-likeness (QED) is 0.652. The highest BCUT2D eigenvalue weighted by Crippen LogP contribution is 2.10. The van der Waals surface area contributed by atoms with Crippen molar-refractivity contribution >= 4 is 11.9 Å². The summed E-state index contributed by atoms with van der Waals surface area (Å²) in [5.74, 6) is -0.615. The molecule has 2 atom stereocenters. The zero-order valence-electron chi connectivity index (χ0n) is 12.8. The zero-order chi connectivity index (χ0) is 15.8. The fraction of sp³-hybridized carbons (Fsp3) is 0.500. The summed E-state index contributed by atoms with van der Waals surface area (Å²) in [5, 5.41) is 2.61. The number of ether oxygens (including phenoxy) is 1. The summed E-state index contributed by atoms with van der Waals surface area (Å²) in [6.45, 7) is 2.22. The fourth-order valence-corrected chi connectivity index (χ4v) is 2.40. The molecule has 22 heavy (non-hydrogen) atoms. The lowest BCUT2D eigenvalue weighted by atomic mass is 10.1. The van der Waals surface area contributed by atoms with Crippen molar-refractivity contribution in [3.63, 3.8) is 0 Å². The third kappa shape index (κ3) is 5.13. The molecule has 1 aliphatic rings. The first-order valence-electron chi connectivity index (χ1n) is 7.67. The van der Waals surface area contributed by atoms with Gasteiger partial charge in [-0.2, -0.15) is 0 Å². The Kier molecular flexibility index (Phi) is 6.36. The second-order valence-corrected chi connectivity index (χ2v) is 5.43. The highest BCUT2D eigenvalue weighted by Gasteiger charge is 2.28. The average molecular weight is 305 g/mol. The first-order valence-corrected chi connectivity index (χ1v) is 7.67. The zero-order valence-corrected chi connectivity index (χ0v) is 12.8. The smallest absolute Gasteiger partial charge is 0.325 e. The highest BCUT2D eigenvalue weighted by molar-refractivity contribution is 5.85. The van der Waals surface area contributed by atoms with Crippen molar-refractivity contribution in [3.05, 3.63) is 35.9 Å². The Bertz CT molecular complexity index is 493. The van der Waals surface area contributed by atoms with Gasteiger partial charge in [-0.1, -0.05) is 43.7 Å². The predicted octanol–water partition coefficient (Wildman–Crippen LogP) is 0.881. The van der Waals surface area contributed by atoms with Gasteiger partial charge >= 0.3 is 5.97 Å². The van der Waals surface area contributed by atoms with Crippen molar-refractivity contribution in [1.82, 2.24) is 16.2 Å². The molecule has 0 bridgehead atoms. The lowest BCUT2D eigenvalue weighted by Gasteiger charge is -2.10. The van der Waals surface area contributed by atoms with E-state index in [9.17, 15) is 9.59 Å². The van der Waals surface area contributed by atoms with E-state index < -0.39 is 5.97 Å². The monoisotopic (exact) mass is 305 g/mol. The summed E-state index contributed by atoms with van der Waals surface area (Å²) in [4.78, 5) is 23.6. The van der Waals surface area contributed by atoms with Crippen molar-refractivity contribution in [2.75, 3.05) is 6.54 Å². The molecule has 1 amide bonds. The summed E-state index contributed by atoms with van der Waals surface area (Å²) in [5.41, 5.74) is 6.98. The molecular weight excluding hydrogens is 282 g/mol. The second-order valence-electron chi connectivity index (χ2n) is 5.43. The normalized spacial score (nSPS) is 20.6. The van der Waals surface area contributed by atoms with Crippen molar-refractivity contribution in [2.24, 2.45) is 0 Å². The molecular formula is C16H23N3O3. The number of hydrogen-bond acceptors (Lipinski definition) is 5. The number of hydrazine groups is 1. The van der Waals surface area contributed by atoms with Crippen molar-refractivity contribution < 1.29 is 14.3 Å². The molecule has 0 radical (unpaired) electrons. The van der Waals surface area contributed by atoms with Gasteiger partial charge in [0.25, 0.3) is 0 Å². The van der Waals surface area contributed by atoms with Crippen molar-refractivity contribution in [2.45, 2.75) is 44.9 Å². The van der Waals surface area contributed by atoms with Gasteiger partial charge in [-0.15, -0.1) is 0 Å². The molecule has 1 heterocycles. The summed E-state index contributed by atoms with van der Waals surface area (Å²) < 4.78 is 5.11. The Morgan fingerprint density at radius 1 is 1.27 bits per heavy atom. The minimum atomic E-state index is -0.437. The Morgan fingerprint density at radius 2 is 2.05 bits per heavy atom. The van der Waals surface area contributed by atoms with Gasteiger partial charge in [-0.05, 0) is 18.4 Å². The lowest BCUT2D eigenvalue weighted by molar-refractivity contribution is -0.145. The summed E-state index contributed by atoms with van der Waals surface area (Å²) >= 11 is 0. The molecule has 2 unspecified atom stereocenters. The molecule has 1 aromatic carbocycles. The second kappa shape index (κ2) is 8.51. The van der Waals surface area contributed by atoms with E-state index in [-0.39, 0.29) is 25.1 Å². The van der Waals surface area contributed by atoms with Crippen LogP contribution in [0.3, 0.4) is 0 Å². The highest BCUT2D eigenvalue weighted by atomic mass is 16.5. The van der Waals surface area contributed by atoms with Crippen molar-refractivity contribution in [3.8, 4) is 0 Å². The van der Waals surface area contributed by atoms with Crippen LogP contribution in [0.4, 0.5) is 0 Å². The van der Waals surface area contributed by atoms with E-state index in [0.717, 1.165) is 24.8 Å². The SMILES string of the molecule is CCCC1CC(C(=O)NCC(=O)OCc2ccccc2)NN1. The maximum atomic E-state index is 12.0. The van der Waals surface area contributed by atoms with E-state index in [1.165, 1.54) is 0 Å². The Morgan fingerprint density at radius 3 is 2.77 bits per heavy atom. The van der Waals surface area contributed by atoms with Crippen LogP contribution < -0.4 is 16.2 Å². The van der Waals surface area contributed by atoms with Crippen LogP contribution in [-0.2, 0) is 20.9 Å². The van der Waals surface area contributed by atoms with Crippen LogP contribution in [0.25, 0.3) is 0 Å². The molecule has 1 saturated heterocycles. The fourth-order valence-electron chi connectivity index (χ4n) is 2.40. The van der Waals surface area contributed by atoms with Crippen LogP contribution in [-0.4, -0.2) is 30.5 Å². The number of hydrogen-bond donors (Lipinski definition) is 3. The van der Waals surface area contributed by atoms with E-state index in [1.54, 1.807) is 0 Å². The summed E-state index contributed by atoms with van der Waals surface area (Å²) in [6.07, 6.45) is 2.83. The minimum Gasteiger partial charge on any atom is -0.460 e. The van der Waals surface area contributed by atoms with Crippen LogP contribution in [0, 0.1) is 0 Å². The molecule has 120 valence electrons.